The van der Waals surface area contributed by atoms with E-state index < -0.39 is 0 Å². The second kappa shape index (κ2) is 7.36. The van der Waals surface area contributed by atoms with Gasteiger partial charge in [0.15, 0.2) is 0 Å². The molecule has 0 aliphatic heterocycles. The van der Waals surface area contributed by atoms with Crippen molar-refractivity contribution in [3.63, 3.8) is 0 Å². The maximum atomic E-state index is 11.3. The molecule has 0 aromatic rings. The van der Waals surface area contributed by atoms with Crippen molar-refractivity contribution in [3.05, 3.63) is 0 Å². The van der Waals surface area contributed by atoms with Crippen molar-refractivity contribution < 1.29 is 9.59 Å². The monoisotopic (exact) mass is 215 g/mol. The largest absolute Gasteiger partial charge is 0.354 e. The average Bonchev–Trinajstić information content (AvgIpc) is 2.00. The molecule has 5 nitrogen and oxygen atoms in total. The number of rotatable bonds is 7. The normalized spacial score (nSPS) is 10.8. The Bertz CT molecular complexity index is 217. The molecule has 0 aromatic carbocycles. The summed E-state index contributed by atoms with van der Waals surface area (Å²) in [5.74, 6) is 0.0270. The van der Waals surface area contributed by atoms with Crippen LogP contribution >= 0.6 is 0 Å². The molecule has 1 N–H and O–H groups in total. The summed E-state index contributed by atoms with van der Waals surface area (Å²) in [6.07, 6.45) is 0. The molecule has 0 rings (SSSR count). The van der Waals surface area contributed by atoms with E-state index >= 15 is 0 Å². The minimum atomic E-state index is -0.0411. The molecule has 1 amide bonds. The second-order valence-electron chi connectivity index (χ2n) is 4.03. The van der Waals surface area contributed by atoms with Crippen LogP contribution in [0.15, 0.2) is 0 Å². The lowest BCUT2D eigenvalue weighted by Gasteiger charge is -2.15. The molecule has 0 saturated heterocycles. The molecule has 0 bridgehead atoms. The van der Waals surface area contributed by atoms with Gasteiger partial charge in [0.25, 0.3) is 0 Å². The molecule has 0 unspecified atom stereocenters. The summed E-state index contributed by atoms with van der Waals surface area (Å²) in [4.78, 5) is 25.8. The van der Waals surface area contributed by atoms with Crippen LogP contribution in [0.1, 0.15) is 6.92 Å². The van der Waals surface area contributed by atoms with Crippen molar-refractivity contribution in [1.29, 1.82) is 0 Å². The van der Waals surface area contributed by atoms with Gasteiger partial charge < -0.3 is 10.2 Å². The molecular formula is C10H21N3O2. The van der Waals surface area contributed by atoms with Gasteiger partial charge in [-0.05, 0) is 28.1 Å². The first kappa shape index (κ1) is 14.1. The third-order valence-corrected chi connectivity index (χ3v) is 1.79. The molecule has 88 valence electrons. The molecule has 5 heteroatoms. The Morgan fingerprint density at radius 2 is 1.73 bits per heavy atom. The van der Waals surface area contributed by atoms with Crippen LogP contribution in [-0.2, 0) is 9.59 Å². The van der Waals surface area contributed by atoms with E-state index in [1.54, 1.807) is 11.9 Å². The molecule has 0 radical (unpaired) electrons. The molecule has 0 saturated carbocycles. The summed E-state index contributed by atoms with van der Waals surface area (Å²) in [5, 5.41) is 2.78. The van der Waals surface area contributed by atoms with E-state index in [1.165, 1.54) is 6.92 Å². The van der Waals surface area contributed by atoms with E-state index in [9.17, 15) is 9.59 Å². The smallest absolute Gasteiger partial charge is 0.234 e. The van der Waals surface area contributed by atoms with E-state index in [0.717, 1.165) is 6.54 Å². The number of nitrogens with zero attached hydrogens (tertiary/aromatic N) is 2. The highest BCUT2D eigenvalue weighted by Crippen LogP contribution is 1.83. The summed E-state index contributed by atoms with van der Waals surface area (Å²) in [6, 6.07) is 0. The van der Waals surface area contributed by atoms with Crippen molar-refractivity contribution in [2.45, 2.75) is 6.92 Å². The van der Waals surface area contributed by atoms with Crippen LogP contribution in [0.25, 0.3) is 0 Å². The zero-order chi connectivity index (χ0) is 11.8. The lowest BCUT2D eigenvalue weighted by atomic mass is 10.4. The summed E-state index contributed by atoms with van der Waals surface area (Å²) in [6.45, 7) is 3.57. The van der Waals surface area contributed by atoms with Gasteiger partial charge in [-0.2, -0.15) is 0 Å². The number of carbonyl (C=O) groups is 2. The fourth-order valence-electron chi connectivity index (χ4n) is 1.16. The van der Waals surface area contributed by atoms with E-state index in [-0.39, 0.29) is 18.2 Å². The Hall–Kier alpha value is -0.940. The highest BCUT2D eigenvalue weighted by atomic mass is 16.2. The molecule has 15 heavy (non-hydrogen) atoms. The standard InChI is InChI=1S/C10H21N3O2/c1-9(14)7-13(4)8-10(15)11-5-6-12(2)3/h5-8H2,1-4H3,(H,11,15). The van der Waals surface area contributed by atoms with Crippen molar-refractivity contribution >= 4 is 11.7 Å². The minimum Gasteiger partial charge on any atom is -0.354 e. The van der Waals surface area contributed by atoms with Gasteiger partial charge in [0.05, 0.1) is 13.1 Å². The number of hydrogen-bond donors (Lipinski definition) is 1. The Morgan fingerprint density at radius 3 is 2.20 bits per heavy atom. The minimum absolute atomic E-state index is 0.0411. The van der Waals surface area contributed by atoms with Crippen LogP contribution < -0.4 is 5.32 Å². The highest BCUT2D eigenvalue weighted by Gasteiger charge is 2.07. The van der Waals surface area contributed by atoms with Gasteiger partial charge in [-0.3, -0.25) is 14.5 Å². The average molecular weight is 215 g/mol. The number of ketones is 1. The van der Waals surface area contributed by atoms with Crippen molar-refractivity contribution in [1.82, 2.24) is 15.1 Å². The summed E-state index contributed by atoms with van der Waals surface area (Å²) < 4.78 is 0. The number of hydrogen-bond acceptors (Lipinski definition) is 4. The van der Waals surface area contributed by atoms with Crippen LogP contribution in [-0.4, -0.2) is 68.8 Å². The second-order valence-corrected chi connectivity index (χ2v) is 4.03. The first-order valence-corrected chi connectivity index (χ1v) is 5.01. The Balaban J connectivity index is 3.60. The van der Waals surface area contributed by atoms with Gasteiger partial charge in [-0.25, -0.2) is 0 Å². The highest BCUT2D eigenvalue weighted by molar-refractivity contribution is 5.80. The molecule has 0 fully saturated rings. The lowest BCUT2D eigenvalue weighted by molar-refractivity contribution is -0.123. The van der Waals surface area contributed by atoms with Gasteiger partial charge in [0, 0.05) is 13.1 Å². The van der Waals surface area contributed by atoms with Gasteiger partial charge in [0.1, 0.15) is 5.78 Å². The van der Waals surface area contributed by atoms with Crippen molar-refractivity contribution in [2.75, 3.05) is 47.3 Å². The number of nitrogens with one attached hydrogen (secondary N) is 1. The maximum Gasteiger partial charge on any atom is 0.234 e. The zero-order valence-corrected chi connectivity index (χ0v) is 10.0. The molecule has 0 atom stereocenters. The van der Waals surface area contributed by atoms with Gasteiger partial charge >= 0.3 is 0 Å². The fourth-order valence-corrected chi connectivity index (χ4v) is 1.16. The SMILES string of the molecule is CC(=O)CN(C)CC(=O)NCCN(C)C. The van der Waals surface area contributed by atoms with Gasteiger partial charge in [-0.15, -0.1) is 0 Å². The Labute approximate surface area is 91.4 Å². The number of amides is 1. The zero-order valence-electron chi connectivity index (χ0n) is 10.0. The number of likely N-dealkylation sites (N-methyl/N-ethyl adjacent to an activating group) is 2. The molecule has 0 spiro atoms. The first-order chi connectivity index (χ1) is 6.91. The van der Waals surface area contributed by atoms with E-state index in [1.807, 2.05) is 19.0 Å². The van der Waals surface area contributed by atoms with Crippen LogP contribution in [0.5, 0.6) is 0 Å². The third-order valence-electron chi connectivity index (χ3n) is 1.79. The first-order valence-electron chi connectivity index (χ1n) is 5.01. The van der Waals surface area contributed by atoms with Gasteiger partial charge in [-0.1, -0.05) is 0 Å². The van der Waals surface area contributed by atoms with Crippen LogP contribution in [0.4, 0.5) is 0 Å². The van der Waals surface area contributed by atoms with E-state index in [0.29, 0.717) is 13.1 Å². The number of Topliss-reactive ketones (excluding diaryl/α,β-unsaturated/α-hetero) is 1. The third kappa shape index (κ3) is 9.37. The maximum absolute atomic E-state index is 11.3. The quantitative estimate of drug-likeness (QED) is 0.603. The van der Waals surface area contributed by atoms with Crippen LogP contribution in [0.2, 0.25) is 0 Å². The lowest BCUT2D eigenvalue weighted by Crippen LogP contribution is -2.39. The summed E-state index contributed by atoms with van der Waals surface area (Å²) >= 11 is 0. The van der Waals surface area contributed by atoms with Crippen LogP contribution in [0.3, 0.4) is 0 Å². The Morgan fingerprint density at radius 1 is 1.13 bits per heavy atom. The van der Waals surface area contributed by atoms with E-state index in [2.05, 4.69) is 5.32 Å². The molecule has 0 aliphatic rings. The summed E-state index contributed by atoms with van der Waals surface area (Å²) in [7, 11) is 5.66. The van der Waals surface area contributed by atoms with Crippen molar-refractivity contribution in [3.8, 4) is 0 Å². The molecule has 0 aliphatic carbocycles. The van der Waals surface area contributed by atoms with E-state index in [4.69, 9.17) is 0 Å². The molecule has 0 aromatic heterocycles. The molecule has 0 heterocycles. The topological polar surface area (TPSA) is 52.7 Å². The van der Waals surface area contributed by atoms with Crippen molar-refractivity contribution in [2.24, 2.45) is 0 Å². The van der Waals surface area contributed by atoms with Crippen LogP contribution in [0, 0.1) is 0 Å². The van der Waals surface area contributed by atoms with Gasteiger partial charge in [0.2, 0.25) is 5.91 Å². The number of carbonyl (C=O) groups excluding carboxylic acids is 2. The predicted molar refractivity (Wildman–Crippen MR) is 59.7 cm³/mol. The predicted octanol–water partition coefficient (Wildman–Crippen LogP) is -0.815. The molecular weight excluding hydrogens is 194 g/mol. The fraction of sp³-hybridized carbons (Fsp3) is 0.800. The Kier molecular flexibility index (Phi) is 6.90. The summed E-state index contributed by atoms with van der Waals surface area (Å²) in [5.41, 5.74) is 0.